The van der Waals surface area contributed by atoms with Crippen LogP contribution in [0, 0.1) is 5.41 Å². The maximum atomic E-state index is 11.4. The molecule has 0 unspecified atom stereocenters. The molecule has 0 saturated heterocycles. The largest absolute Gasteiger partial charge is 0.396 e. The fraction of sp³-hybridized carbons (Fsp3) is 1.00. The van der Waals surface area contributed by atoms with Crippen molar-refractivity contribution < 1.29 is 18.3 Å². The zero-order valence-corrected chi connectivity index (χ0v) is 10.4. The molecule has 0 aromatic heterocycles. The molecule has 0 aromatic rings. The molecule has 15 heavy (non-hydrogen) atoms. The average molecular weight is 239 g/mol. The molecule has 0 aromatic carbocycles. The van der Waals surface area contributed by atoms with Gasteiger partial charge < -0.3 is 9.84 Å². The molecule has 0 radical (unpaired) electrons. The first-order valence-electron chi connectivity index (χ1n) is 4.90. The Morgan fingerprint density at radius 2 is 2.00 bits per heavy atom. The SMILES string of the molecule is COCCS(=O)(=O)NCC(C)(C)CCO. The van der Waals surface area contributed by atoms with E-state index in [9.17, 15) is 8.42 Å². The second-order valence-electron chi connectivity index (χ2n) is 4.27. The zero-order chi connectivity index (χ0) is 11.9. The van der Waals surface area contributed by atoms with Gasteiger partial charge in [-0.05, 0) is 11.8 Å². The summed E-state index contributed by atoms with van der Waals surface area (Å²) in [5, 5.41) is 8.78. The highest BCUT2D eigenvalue weighted by atomic mass is 32.2. The Labute approximate surface area is 91.9 Å². The van der Waals surface area contributed by atoms with Crippen LogP contribution < -0.4 is 4.72 Å². The maximum Gasteiger partial charge on any atom is 0.213 e. The third kappa shape index (κ3) is 7.72. The average Bonchev–Trinajstić information content (AvgIpc) is 2.12. The van der Waals surface area contributed by atoms with E-state index >= 15 is 0 Å². The Bertz CT molecular complexity index is 261. The van der Waals surface area contributed by atoms with Crippen LogP contribution in [-0.2, 0) is 14.8 Å². The van der Waals surface area contributed by atoms with Crippen molar-refractivity contribution in [3.63, 3.8) is 0 Å². The third-order valence-electron chi connectivity index (χ3n) is 2.12. The predicted octanol–water partition coefficient (Wildman–Crippen LogP) is -0.0392. The number of ether oxygens (including phenoxy) is 1. The molecule has 5 nitrogen and oxygen atoms in total. The van der Waals surface area contributed by atoms with Crippen LogP contribution in [0.4, 0.5) is 0 Å². The number of nitrogens with one attached hydrogen (secondary N) is 1. The number of methoxy groups -OCH3 is 1. The minimum absolute atomic E-state index is 0.0291. The summed E-state index contributed by atoms with van der Waals surface area (Å²) in [6, 6.07) is 0. The number of rotatable bonds is 8. The number of sulfonamides is 1. The predicted molar refractivity (Wildman–Crippen MR) is 59.1 cm³/mol. The Kier molecular flexibility index (Phi) is 6.35. The van der Waals surface area contributed by atoms with Crippen molar-refractivity contribution in [1.29, 1.82) is 0 Å². The van der Waals surface area contributed by atoms with E-state index in [0.29, 0.717) is 13.0 Å². The lowest BCUT2D eigenvalue weighted by Crippen LogP contribution is -2.36. The van der Waals surface area contributed by atoms with Gasteiger partial charge in [-0.15, -0.1) is 0 Å². The highest BCUT2D eigenvalue weighted by molar-refractivity contribution is 7.89. The van der Waals surface area contributed by atoms with Gasteiger partial charge in [0.15, 0.2) is 0 Å². The van der Waals surface area contributed by atoms with Gasteiger partial charge in [-0.25, -0.2) is 13.1 Å². The summed E-state index contributed by atoms with van der Waals surface area (Å²) in [5.41, 5.74) is -0.227. The van der Waals surface area contributed by atoms with E-state index in [0.717, 1.165) is 0 Å². The molecule has 0 aliphatic heterocycles. The van der Waals surface area contributed by atoms with Crippen molar-refractivity contribution in [2.24, 2.45) is 5.41 Å². The lowest BCUT2D eigenvalue weighted by molar-refractivity contribution is 0.210. The number of hydrogen-bond donors (Lipinski definition) is 2. The molecule has 2 N–H and O–H groups in total. The molecule has 0 saturated carbocycles. The Balaban J connectivity index is 4.02. The molecule has 0 heterocycles. The number of hydrogen-bond acceptors (Lipinski definition) is 4. The van der Waals surface area contributed by atoms with Crippen LogP contribution in [-0.4, -0.2) is 46.1 Å². The fourth-order valence-electron chi connectivity index (χ4n) is 0.962. The molecule has 0 aliphatic carbocycles. The van der Waals surface area contributed by atoms with Gasteiger partial charge in [-0.1, -0.05) is 13.8 Å². The van der Waals surface area contributed by atoms with Crippen molar-refractivity contribution in [2.45, 2.75) is 20.3 Å². The first-order chi connectivity index (χ1) is 6.83. The lowest BCUT2D eigenvalue weighted by atomic mass is 9.90. The molecular formula is C9H21NO4S. The number of aliphatic hydroxyl groups excluding tert-OH is 1. The summed E-state index contributed by atoms with van der Waals surface area (Å²) >= 11 is 0. The first-order valence-corrected chi connectivity index (χ1v) is 6.55. The monoisotopic (exact) mass is 239 g/mol. The van der Waals surface area contributed by atoms with Gasteiger partial charge in [-0.2, -0.15) is 0 Å². The fourth-order valence-corrected chi connectivity index (χ4v) is 2.10. The van der Waals surface area contributed by atoms with Crippen LogP contribution in [0.15, 0.2) is 0 Å². The molecular weight excluding hydrogens is 218 g/mol. The minimum Gasteiger partial charge on any atom is -0.396 e. The zero-order valence-electron chi connectivity index (χ0n) is 9.62. The Hall–Kier alpha value is -0.170. The van der Waals surface area contributed by atoms with E-state index in [4.69, 9.17) is 9.84 Å². The quantitative estimate of drug-likeness (QED) is 0.623. The topological polar surface area (TPSA) is 75.6 Å². The van der Waals surface area contributed by atoms with Crippen molar-refractivity contribution in [1.82, 2.24) is 4.72 Å². The molecule has 6 heteroatoms. The van der Waals surface area contributed by atoms with E-state index in [1.807, 2.05) is 13.8 Å². The molecule has 0 bridgehead atoms. The highest BCUT2D eigenvalue weighted by Gasteiger charge is 2.20. The summed E-state index contributed by atoms with van der Waals surface area (Å²) in [7, 11) is -1.79. The molecule has 0 spiro atoms. The maximum absolute atomic E-state index is 11.4. The summed E-state index contributed by atoms with van der Waals surface area (Å²) in [6.45, 7) is 4.40. The Morgan fingerprint density at radius 1 is 1.40 bits per heavy atom. The molecule has 0 amide bonds. The van der Waals surface area contributed by atoms with Crippen LogP contribution in [0.1, 0.15) is 20.3 Å². The van der Waals surface area contributed by atoms with Crippen molar-refractivity contribution in [2.75, 3.05) is 32.6 Å². The van der Waals surface area contributed by atoms with E-state index in [1.54, 1.807) is 0 Å². The normalized spacial score (nSPS) is 13.1. The van der Waals surface area contributed by atoms with E-state index in [-0.39, 0.29) is 24.4 Å². The summed E-state index contributed by atoms with van der Waals surface area (Å²) in [5.74, 6) is -0.0291. The van der Waals surface area contributed by atoms with Gasteiger partial charge >= 0.3 is 0 Å². The van der Waals surface area contributed by atoms with Crippen molar-refractivity contribution in [3.05, 3.63) is 0 Å². The van der Waals surface area contributed by atoms with Gasteiger partial charge in [0.2, 0.25) is 10.0 Å². The Morgan fingerprint density at radius 3 is 2.47 bits per heavy atom. The standard InChI is InChI=1S/C9H21NO4S/c1-9(2,4-5-11)8-10-15(12,13)7-6-14-3/h10-11H,4-8H2,1-3H3. The first kappa shape index (κ1) is 14.8. The molecule has 0 atom stereocenters. The smallest absolute Gasteiger partial charge is 0.213 e. The molecule has 0 fully saturated rings. The van der Waals surface area contributed by atoms with Crippen LogP contribution in [0.25, 0.3) is 0 Å². The van der Waals surface area contributed by atoms with Gasteiger partial charge in [-0.3, -0.25) is 0 Å². The van der Waals surface area contributed by atoms with Crippen molar-refractivity contribution >= 4 is 10.0 Å². The third-order valence-corrected chi connectivity index (χ3v) is 3.40. The second-order valence-corrected chi connectivity index (χ2v) is 6.20. The molecule has 0 rings (SSSR count). The van der Waals surface area contributed by atoms with E-state index in [2.05, 4.69) is 4.72 Å². The lowest BCUT2D eigenvalue weighted by Gasteiger charge is -2.23. The van der Waals surface area contributed by atoms with E-state index in [1.165, 1.54) is 7.11 Å². The summed E-state index contributed by atoms with van der Waals surface area (Å²) < 4.78 is 30.0. The van der Waals surface area contributed by atoms with Crippen LogP contribution in [0.2, 0.25) is 0 Å². The van der Waals surface area contributed by atoms with Crippen LogP contribution in [0.5, 0.6) is 0 Å². The summed E-state index contributed by atoms with van der Waals surface area (Å²) in [4.78, 5) is 0. The van der Waals surface area contributed by atoms with Gasteiger partial charge in [0.25, 0.3) is 0 Å². The van der Waals surface area contributed by atoms with Gasteiger partial charge in [0.05, 0.1) is 12.4 Å². The van der Waals surface area contributed by atoms with Crippen LogP contribution in [0.3, 0.4) is 0 Å². The van der Waals surface area contributed by atoms with Gasteiger partial charge in [0.1, 0.15) is 0 Å². The number of aliphatic hydroxyl groups is 1. The summed E-state index contributed by atoms with van der Waals surface area (Å²) in [6.07, 6.45) is 0.569. The van der Waals surface area contributed by atoms with Gasteiger partial charge in [0, 0.05) is 20.3 Å². The minimum atomic E-state index is -3.25. The second kappa shape index (κ2) is 6.42. The van der Waals surface area contributed by atoms with Crippen LogP contribution >= 0.6 is 0 Å². The highest BCUT2D eigenvalue weighted by Crippen LogP contribution is 2.18. The van der Waals surface area contributed by atoms with Crippen molar-refractivity contribution in [3.8, 4) is 0 Å². The molecule has 92 valence electrons. The molecule has 0 aliphatic rings. The van der Waals surface area contributed by atoms with E-state index < -0.39 is 10.0 Å².